The van der Waals surface area contributed by atoms with Crippen molar-refractivity contribution in [3.63, 3.8) is 0 Å². The Kier molecular flexibility index (Phi) is 3.75. The van der Waals surface area contributed by atoms with Crippen LogP contribution in [0.15, 0.2) is 6.07 Å². The highest BCUT2D eigenvalue weighted by molar-refractivity contribution is 6.33. The van der Waals surface area contributed by atoms with Gasteiger partial charge in [0.2, 0.25) is 0 Å². The summed E-state index contributed by atoms with van der Waals surface area (Å²) >= 11 is 5.96. The quantitative estimate of drug-likeness (QED) is 0.588. The van der Waals surface area contributed by atoms with E-state index in [0.717, 1.165) is 0 Å². The van der Waals surface area contributed by atoms with Crippen LogP contribution in [0.2, 0.25) is 5.02 Å². The van der Waals surface area contributed by atoms with E-state index >= 15 is 0 Å². The molecule has 0 unspecified atom stereocenters. The second-order valence-corrected chi connectivity index (χ2v) is 3.50. The molecule has 1 rings (SSSR count). The van der Waals surface area contributed by atoms with Crippen molar-refractivity contribution in [2.45, 2.75) is 13.8 Å². The molecule has 5 heteroatoms. The van der Waals surface area contributed by atoms with Gasteiger partial charge in [-0.15, -0.1) is 0 Å². The lowest BCUT2D eigenvalue weighted by Gasteiger charge is -2.11. The molecule has 0 aromatic heterocycles. The van der Waals surface area contributed by atoms with Gasteiger partial charge in [-0.3, -0.25) is 4.79 Å². The van der Waals surface area contributed by atoms with Gasteiger partial charge in [0.15, 0.2) is 11.5 Å². The summed E-state index contributed by atoms with van der Waals surface area (Å²) in [5.74, 6) is -0.0593. The minimum absolute atomic E-state index is 0.125. The van der Waals surface area contributed by atoms with Crippen molar-refractivity contribution in [3.8, 4) is 17.6 Å². The van der Waals surface area contributed by atoms with Gasteiger partial charge in [-0.2, -0.15) is 5.26 Å². The van der Waals surface area contributed by atoms with Crippen molar-refractivity contribution >= 4 is 17.6 Å². The summed E-state index contributed by atoms with van der Waals surface area (Å²) in [6.07, 6.45) is 0. The van der Waals surface area contributed by atoms with E-state index < -0.39 is 5.97 Å². The minimum Gasteiger partial charge on any atom is -0.494 e. The molecule has 0 aliphatic heterocycles. The maximum atomic E-state index is 10.8. The molecule has 0 N–H and O–H groups in total. The Balaban J connectivity index is 3.41. The van der Waals surface area contributed by atoms with Crippen LogP contribution in [-0.2, 0) is 4.79 Å². The van der Waals surface area contributed by atoms with Crippen molar-refractivity contribution in [3.05, 3.63) is 22.2 Å². The molecule has 0 fully saturated rings. The van der Waals surface area contributed by atoms with E-state index in [1.165, 1.54) is 20.1 Å². The summed E-state index contributed by atoms with van der Waals surface area (Å²) < 4.78 is 9.93. The van der Waals surface area contributed by atoms with E-state index in [-0.39, 0.29) is 16.5 Å². The zero-order chi connectivity index (χ0) is 12.3. The molecule has 0 heterocycles. The van der Waals surface area contributed by atoms with Gasteiger partial charge in [-0.1, -0.05) is 11.6 Å². The third-order valence-corrected chi connectivity index (χ3v) is 2.31. The van der Waals surface area contributed by atoms with Gasteiger partial charge in [0, 0.05) is 6.92 Å². The lowest BCUT2D eigenvalue weighted by molar-refractivity contribution is -0.131. The number of hydrogen-bond acceptors (Lipinski definition) is 4. The van der Waals surface area contributed by atoms with E-state index in [1.807, 2.05) is 6.07 Å². The Morgan fingerprint density at radius 3 is 2.62 bits per heavy atom. The molecule has 0 saturated carbocycles. The topological polar surface area (TPSA) is 59.3 Å². The number of nitrogens with zero attached hydrogens (tertiary/aromatic N) is 1. The molecular weight excluding hydrogens is 230 g/mol. The summed E-state index contributed by atoms with van der Waals surface area (Å²) in [4.78, 5) is 10.8. The number of halogens is 1. The summed E-state index contributed by atoms with van der Waals surface area (Å²) in [6, 6.07) is 3.52. The van der Waals surface area contributed by atoms with Crippen LogP contribution < -0.4 is 9.47 Å². The van der Waals surface area contributed by atoms with Gasteiger partial charge >= 0.3 is 5.97 Å². The smallest absolute Gasteiger partial charge is 0.308 e. The van der Waals surface area contributed by atoms with Crippen LogP contribution >= 0.6 is 11.6 Å². The maximum absolute atomic E-state index is 10.8. The van der Waals surface area contributed by atoms with Gasteiger partial charge in [0.1, 0.15) is 11.1 Å². The number of carbonyl (C=O) groups is 1. The Morgan fingerprint density at radius 2 is 2.19 bits per heavy atom. The third-order valence-electron chi connectivity index (χ3n) is 1.95. The van der Waals surface area contributed by atoms with Crippen LogP contribution in [0.5, 0.6) is 11.5 Å². The molecule has 1 aromatic rings. The van der Waals surface area contributed by atoms with Crippen LogP contribution in [0.4, 0.5) is 0 Å². The zero-order valence-electron chi connectivity index (χ0n) is 9.13. The fourth-order valence-electron chi connectivity index (χ4n) is 1.29. The van der Waals surface area contributed by atoms with E-state index in [0.29, 0.717) is 11.1 Å². The normalized spacial score (nSPS) is 9.44. The van der Waals surface area contributed by atoms with Crippen LogP contribution in [-0.4, -0.2) is 13.1 Å². The largest absolute Gasteiger partial charge is 0.494 e. The second kappa shape index (κ2) is 4.86. The van der Waals surface area contributed by atoms with Crippen molar-refractivity contribution in [2.75, 3.05) is 7.11 Å². The van der Waals surface area contributed by atoms with Crippen LogP contribution in [0.25, 0.3) is 0 Å². The van der Waals surface area contributed by atoms with Crippen LogP contribution in [0.1, 0.15) is 18.1 Å². The molecule has 0 saturated heterocycles. The molecule has 1 aromatic carbocycles. The highest BCUT2D eigenvalue weighted by atomic mass is 35.5. The van der Waals surface area contributed by atoms with Gasteiger partial charge in [-0.05, 0) is 18.6 Å². The Morgan fingerprint density at radius 1 is 1.56 bits per heavy atom. The number of nitriles is 1. The number of methoxy groups -OCH3 is 1. The first-order valence-corrected chi connectivity index (χ1v) is 4.84. The first-order chi connectivity index (χ1) is 7.51. The van der Waals surface area contributed by atoms with E-state index in [4.69, 9.17) is 26.3 Å². The van der Waals surface area contributed by atoms with Crippen molar-refractivity contribution in [2.24, 2.45) is 0 Å². The molecule has 0 amide bonds. The average molecular weight is 240 g/mol. The zero-order valence-corrected chi connectivity index (χ0v) is 9.88. The number of esters is 1. The summed E-state index contributed by atoms with van der Waals surface area (Å²) in [7, 11) is 1.40. The van der Waals surface area contributed by atoms with Gasteiger partial charge in [-0.25, -0.2) is 0 Å². The van der Waals surface area contributed by atoms with Crippen LogP contribution in [0, 0.1) is 18.3 Å². The first-order valence-electron chi connectivity index (χ1n) is 4.46. The summed E-state index contributed by atoms with van der Waals surface area (Å²) in [5, 5.41) is 9.06. The van der Waals surface area contributed by atoms with Gasteiger partial charge < -0.3 is 9.47 Å². The van der Waals surface area contributed by atoms with E-state index in [2.05, 4.69) is 0 Å². The standard InChI is InChI=1S/C11H10ClNO3/c1-6-4-9(16-7(2)14)10(12)11(15-3)8(6)5-13/h4H,1-3H3. The third kappa shape index (κ3) is 2.26. The number of ether oxygens (including phenoxy) is 2. The molecule has 16 heavy (non-hydrogen) atoms. The SMILES string of the molecule is COc1c(Cl)c(OC(C)=O)cc(C)c1C#N. The lowest BCUT2D eigenvalue weighted by Crippen LogP contribution is -2.04. The van der Waals surface area contributed by atoms with Gasteiger partial charge in [0.25, 0.3) is 0 Å². The lowest BCUT2D eigenvalue weighted by atomic mass is 10.1. The molecule has 4 nitrogen and oxygen atoms in total. The fourth-order valence-corrected chi connectivity index (χ4v) is 1.56. The van der Waals surface area contributed by atoms with Gasteiger partial charge in [0.05, 0.1) is 12.7 Å². The highest BCUT2D eigenvalue weighted by Crippen LogP contribution is 2.38. The Hall–Kier alpha value is -1.73. The van der Waals surface area contributed by atoms with Crippen molar-refractivity contribution in [1.82, 2.24) is 0 Å². The number of hydrogen-bond donors (Lipinski definition) is 0. The minimum atomic E-state index is -0.479. The molecule has 0 aliphatic rings. The molecular formula is C11H10ClNO3. The number of benzene rings is 1. The Bertz CT molecular complexity index is 477. The number of aryl methyl sites for hydroxylation is 1. The molecule has 0 aliphatic carbocycles. The number of carbonyl (C=O) groups excluding carboxylic acids is 1. The molecule has 0 spiro atoms. The molecule has 84 valence electrons. The fraction of sp³-hybridized carbons (Fsp3) is 0.273. The monoisotopic (exact) mass is 239 g/mol. The molecule has 0 atom stereocenters. The van der Waals surface area contributed by atoms with Crippen molar-refractivity contribution in [1.29, 1.82) is 5.26 Å². The maximum Gasteiger partial charge on any atom is 0.308 e. The summed E-state index contributed by atoms with van der Waals surface area (Å²) in [5.41, 5.74) is 0.975. The average Bonchev–Trinajstić information content (AvgIpc) is 2.21. The highest BCUT2D eigenvalue weighted by Gasteiger charge is 2.17. The van der Waals surface area contributed by atoms with E-state index in [1.54, 1.807) is 6.92 Å². The first kappa shape index (κ1) is 12.3. The van der Waals surface area contributed by atoms with E-state index in [9.17, 15) is 4.79 Å². The summed E-state index contributed by atoms with van der Waals surface area (Å²) in [6.45, 7) is 2.99. The second-order valence-electron chi connectivity index (χ2n) is 3.12. The van der Waals surface area contributed by atoms with Crippen LogP contribution in [0.3, 0.4) is 0 Å². The molecule has 0 radical (unpaired) electrons. The predicted octanol–water partition coefficient (Wildman–Crippen LogP) is 2.45. The molecule has 0 bridgehead atoms. The Labute approximate surface area is 98.3 Å². The van der Waals surface area contributed by atoms with Crippen molar-refractivity contribution < 1.29 is 14.3 Å². The predicted molar refractivity (Wildman–Crippen MR) is 58.8 cm³/mol. The number of rotatable bonds is 2.